The van der Waals surface area contributed by atoms with E-state index in [0.717, 1.165) is 28.0 Å². The molecule has 1 aromatic heterocycles. The van der Waals surface area contributed by atoms with Crippen molar-refractivity contribution in [2.45, 2.75) is 0 Å². The van der Waals surface area contributed by atoms with Crippen molar-refractivity contribution < 1.29 is 13.9 Å². The Morgan fingerprint density at radius 3 is 2.27 bits per heavy atom. The Hall–Kier alpha value is -2.53. The predicted octanol–water partition coefficient (Wildman–Crippen LogP) is 4.44. The Morgan fingerprint density at radius 2 is 1.68 bits per heavy atom. The molecule has 0 aliphatic heterocycles. The molecule has 1 heterocycles. The molecule has 5 heteroatoms. The summed E-state index contributed by atoms with van der Waals surface area (Å²) in [5.74, 6) is 0.452. The zero-order chi connectivity index (χ0) is 15.5. The normalized spacial score (nSPS) is 10.5. The minimum absolute atomic E-state index is 0.305. The van der Waals surface area contributed by atoms with Gasteiger partial charge in [0.15, 0.2) is 11.3 Å². The third-order valence-electron chi connectivity index (χ3n) is 3.21. The number of benzene rings is 2. The number of carbonyl (C=O) groups excluding carboxylic acids is 1. The molecular weight excluding hydrogens is 301 g/mol. The second-order valence-electron chi connectivity index (χ2n) is 4.58. The largest absolute Gasteiger partial charge is 0.497 e. The van der Waals surface area contributed by atoms with Crippen molar-refractivity contribution in [3.05, 3.63) is 59.4 Å². The topological polar surface area (TPSA) is 39.2 Å². The summed E-state index contributed by atoms with van der Waals surface area (Å²) < 4.78 is 18.2. The van der Waals surface area contributed by atoms with Crippen LogP contribution < -0.4 is 4.74 Å². The first-order valence-electron chi connectivity index (χ1n) is 6.57. The number of rotatable bonds is 4. The third-order valence-corrected chi connectivity index (χ3v) is 4.24. The third kappa shape index (κ3) is 2.76. The predicted molar refractivity (Wildman–Crippen MR) is 84.9 cm³/mol. The lowest BCUT2D eigenvalue weighted by atomic mass is 10.1. The van der Waals surface area contributed by atoms with Crippen molar-refractivity contribution in [3.8, 4) is 27.4 Å². The molecule has 0 spiro atoms. The molecule has 0 N–H and O–H groups in total. The highest BCUT2D eigenvalue weighted by Crippen LogP contribution is 2.37. The second kappa shape index (κ2) is 6.07. The average Bonchev–Trinajstić information content (AvgIpc) is 3.00. The standard InChI is InChI=1S/C17H12FNO2S/c1-21-14-8-4-12(5-9-14)17-16(19-15(10-20)22-17)11-2-6-13(18)7-3-11/h2-10H,1H3. The lowest BCUT2D eigenvalue weighted by molar-refractivity contribution is 0.112. The van der Waals surface area contributed by atoms with E-state index in [0.29, 0.717) is 10.7 Å². The van der Waals surface area contributed by atoms with Gasteiger partial charge in [0.25, 0.3) is 0 Å². The maximum absolute atomic E-state index is 13.1. The molecule has 110 valence electrons. The summed E-state index contributed by atoms with van der Waals surface area (Å²) in [6.45, 7) is 0. The van der Waals surface area contributed by atoms with E-state index in [1.54, 1.807) is 19.2 Å². The van der Waals surface area contributed by atoms with Crippen LogP contribution in [0.4, 0.5) is 4.39 Å². The molecule has 2 aromatic carbocycles. The van der Waals surface area contributed by atoms with E-state index in [1.165, 1.54) is 23.5 Å². The van der Waals surface area contributed by atoms with E-state index >= 15 is 0 Å². The van der Waals surface area contributed by atoms with Gasteiger partial charge in [-0.25, -0.2) is 9.37 Å². The van der Waals surface area contributed by atoms with Gasteiger partial charge in [0.05, 0.1) is 17.7 Å². The van der Waals surface area contributed by atoms with Crippen LogP contribution in [-0.4, -0.2) is 18.4 Å². The molecule has 0 radical (unpaired) electrons. The molecule has 3 nitrogen and oxygen atoms in total. The van der Waals surface area contributed by atoms with E-state index in [2.05, 4.69) is 4.98 Å². The Morgan fingerprint density at radius 1 is 1.05 bits per heavy atom. The molecule has 0 aliphatic carbocycles. The Balaban J connectivity index is 2.11. The van der Waals surface area contributed by atoms with Crippen LogP contribution in [0.3, 0.4) is 0 Å². The summed E-state index contributed by atoms with van der Waals surface area (Å²) >= 11 is 1.31. The van der Waals surface area contributed by atoms with Crippen LogP contribution in [0.1, 0.15) is 9.80 Å². The van der Waals surface area contributed by atoms with Crippen LogP contribution in [0.15, 0.2) is 48.5 Å². The number of carbonyl (C=O) groups is 1. The minimum atomic E-state index is -0.305. The summed E-state index contributed by atoms with van der Waals surface area (Å²) in [5, 5.41) is 0.394. The highest BCUT2D eigenvalue weighted by Gasteiger charge is 2.14. The number of thiazole rings is 1. The summed E-state index contributed by atoms with van der Waals surface area (Å²) in [7, 11) is 1.61. The molecule has 22 heavy (non-hydrogen) atoms. The van der Waals surface area contributed by atoms with Crippen LogP contribution >= 0.6 is 11.3 Å². The van der Waals surface area contributed by atoms with Crippen molar-refractivity contribution >= 4 is 17.6 Å². The molecular formula is C17H12FNO2S. The Labute approximate surface area is 131 Å². The summed E-state index contributed by atoms with van der Waals surface area (Å²) in [6, 6.07) is 13.6. The molecule has 0 atom stereocenters. The van der Waals surface area contributed by atoms with Crippen molar-refractivity contribution in [2.75, 3.05) is 7.11 Å². The van der Waals surface area contributed by atoms with Gasteiger partial charge in [-0.2, -0.15) is 0 Å². The van der Waals surface area contributed by atoms with Gasteiger partial charge in [0.1, 0.15) is 11.6 Å². The molecule has 0 saturated carbocycles. The van der Waals surface area contributed by atoms with E-state index in [9.17, 15) is 9.18 Å². The maximum atomic E-state index is 13.1. The van der Waals surface area contributed by atoms with Crippen molar-refractivity contribution in [1.29, 1.82) is 0 Å². The maximum Gasteiger partial charge on any atom is 0.178 e. The molecule has 0 saturated heterocycles. The average molecular weight is 313 g/mol. The Kier molecular flexibility index (Phi) is 3.98. The molecule has 3 rings (SSSR count). The van der Waals surface area contributed by atoms with Gasteiger partial charge in [-0.05, 0) is 54.1 Å². The molecule has 0 fully saturated rings. The van der Waals surface area contributed by atoms with E-state index in [4.69, 9.17) is 4.74 Å². The number of hydrogen-bond donors (Lipinski definition) is 0. The SMILES string of the molecule is COc1ccc(-c2sc(C=O)nc2-c2ccc(F)cc2)cc1. The number of ether oxygens (including phenoxy) is 1. The van der Waals surface area contributed by atoms with Gasteiger partial charge >= 0.3 is 0 Å². The lowest BCUT2D eigenvalue weighted by Crippen LogP contribution is -1.85. The number of halogens is 1. The first kappa shape index (κ1) is 14.4. The quantitative estimate of drug-likeness (QED) is 0.669. The van der Waals surface area contributed by atoms with Crippen molar-refractivity contribution in [3.63, 3.8) is 0 Å². The van der Waals surface area contributed by atoms with E-state index in [-0.39, 0.29) is 5.82 Å². The second-order valence-corrected chi connectivity index (χ2v) is 5.61. The van der Waals surface area contributed by atoms with Gasteiger partial charge in [-0.1, -0.05) is 0 Å². The number of nitrogens with zero attached hydrogens (tertiary/aromatic N) is 1. The van der Waals surface area contributed by atoms with Gasteiger partial charge in [-0.3, -0.25) is 4.79 Å². The van der Waals surface area contributed by atoms with E-state index < -0.39 is 0 Å². The zero-order valence-electron chi connectivity index (χ0n) is 11.7. The first-order valence-corrected chi connectivity index (χ1v) is 7.39. The van der Waals surface area contributed by atoms with E-state index in [1.807, 2.05) is 24.3 Å². The van der Waals surface area contributed by atoms with Gasteiger partial charge in [0, 0.05) is 5.56 Å². The van der Waals surface area contributed by atoms with Gasteiger partial charge in [-0.15, -0.1) is 11.3 Å². The van der Waals surface area contributed by atoms with Crippen LogP contribution in [0, 0.1) is 5.82 Å². The first-order chi connectivity index (χ1) is 10.7. The number of aromatic nitrogens is 1. The van der Waals surface area contributed by atoms with Gasteiger partial charge < -0.3 is 4.74 Å². The van der Waals surface area contributed by atoms with Crippen molar-refractivity contribution in [1.82, 2.24) is 4.98 Å². The fourth-order valence-corrected chi connectivity index (χ4v) is 3.04. The summed E-state index contributed by atoms with van der Waals surface area (Å²) in [6.07, 6.45) is 0.727. The lowest BCUT2D eigenvalue weighted by Gasteiger charge is -2.04. The summed E-state index contributed by atoms with van der Waals surface area (Å²) in [4.78, 5) is 16.3. The van der Waals surface area contributed by atoms with Crippen LogP contribution in [0.25, 0.3) is 21.7 Å². The van der Waals surface area contributed by atoms with Crippen molar-refractivity contribution in [2.24, 2.45) is 0 Å². The van der Waals surface area contributed by atoms with Crippen LogP contribution in [-0.2, 0) is 0 Å². The monoisotopic (exact) mass is 313 g/mol. The number of methoxy groups -OCH3 is 1. The fourth-order valence-electron chi connectivity index (χ4n) is 2.13. The smallest absolute Gasteiger partial charge is 0.178 e. The fraction of sp³-hybridized carbons (Fsp3) is 0.0588. The molecule has 3 aromatic rings. The molecule has 0 amide bonds. The van der Waals surface area contributed by atoms with Crippen LogP contribution in [0.2, 0.25) is 0 Å². The number of hydrogen-bond acceptors (Lipinski definition) is 4. The van der Waals surface area contributed by atoms with Gasteiger partial charge in [0.2, 0.25) is 0 Å². The number of aldehydes is 1. The highest BCUT2D eigenvalue weighted by atomic mass is 32.1. The minimum Gasteiger partial charge on any atom is -0.497 e. The zero-order valence-corrected chi connectivity index (χ0v) is 12.6. The highest BCUT2D eigenvalue weighted by molar-refractivity contribution is 7.17. The molecule has 0 aliphatic rings. The Bertz CT molecular complexity index is 795. The molecule has 0 bridgehead atoms. The molecule has 0 unspecified atom stereocenters. The summed E-state index contributed by atoms with van der Waals surface area (Å²) in [5.41, 5.74) is 2.39. The van der Waals surface area contributed by atoms with Crippen LogP contribution in [0.5, 0.6) is 5.75 Å².